The molecule has 14 heavy (non-hydrogen) atoms. The van der Waals surface area contributed by atoms with Gasteiger partial charge in [0.2, 0.25) is 0 Å². The zero-order valence-electron chi connectivity index (χ0n) is 7.31. The molecule has 0 N–H and O–H groups in total. The van der Waals surface area contributed by atoms with E-state index in [1.165, 1.54) is 0 Å². The molecule has 0 aliphatic rings. The lowest BCUT2D eigenvalue weighted by Crippen LogP contribution is -1.94. The van der Waals surface area contributed by atoms with Gasteiger partial charge < -0.3 is 4.74 Å². The second-order valence-corrected chi connectivity index (χ2v) is 4.83. The van der Waals surface area contributed by atoms with E-state index in [1.807, 2.05) is 35.7 Å². The van der Waals surface area contributed by atoms with Crippen LogP contribution in [-0.2, 0) is 6.61 Å². The Morgan fingerprint density at radius 1 is 1.29 bits per heavy atom. The van der Waals surface area contributed by atoms with E-state index in [2.05, 4.69) is 20.9 Å². The van der Waals surface area contributed by atoms with E-state index in [-0.39, 0.29) is 0 Å². The molecule has 0 atom stereocenters. The topological polar surface area (TPSA) is 22.1 Å². The maximum atomic E-state index is 5.53. The molecule has 0 radical (unpaired) electrons. The van der Waals surface area contributed by atoms with E-state index in [0.29, 0.717) is 6.61 Å². The number of rotatable bonds is 3. The molecule has 0 amide bonds. The molecule has 0 spiro atoms. The van der Waals surface area contributed by atoms with Crippen molar-refractivity contribution < 1.29 is 4.74 Å². The molecular formula is C10H8BrNOS. The first-order valence-corrected chi connectivity index (χ1v) is 5.79. The highest BCUT2D eigenvalue weighted by Crippen LogP contribution is 2.17. The minimum atomic E-state index is 0.520. The first kappa shape index (κ1) is 9.68. The zero-order chi connectivity index (χ0) is 9.80. The fourth-order valence-electron chi connectivity index (χ4n) is 1.02. The van der Waals surface area contributed by atoms with Crippen LogP contribution in [0.5, 0.6) is 5.75 Å². The molecular weight excluding hydrogens is 262 g/mol. The van der Waals surface area contributed by atoms with Gasteiger partial charge >= 0.3 is 0 Å². The number of hydrogen-bond acceptors (Lipinski definition) is 3. The minimum Gasteiger partial charge on any atom is -0.487 e. The second-order valence-electron chi connectivity index (χ2n) is 2.69. The first-order valence-electron chi connectivity index (χ1n) is 4.12. The van der Waals surface area contributed by atoms with Crippen molar-refractivity contribution in [3.05, 3.63) is 45.3 Å². The van der Waals surface area contributed by atoms with E-state index in [4.69, 9.17) is 4.74 Å². The first-order chi connectivity index (χ1) is 6.84. The van der Waals surface area contributed by atoms with Crippen molar-refractivity contribution in [2.45, 2.75) is 6.61 Å². The summed E-state index contributed by atoms with van der Waals surface area (Å²) in [6, 6.07) is 9.73. The van der Waals surface area contributed by atoms with Gasteiger partial charge in [0.15, 0.2) is 3.92 Å². The normalized spacial score (nSPS) is 10.1. The van der Waals surface area contributed by atoms with Crippen LogP contribution in [0, 0.1) is 0 Å². The van der Waals surface area contributed by atoms with Gasteiger partial charge in [-0.3, -0.25) is 0 Å². The molecule has 0 bridgehead atoms. The second kappa shape index (κ2) is 4.57. The summed E-state index contributed by atoms with van der Waals surface area (Å²) in [6.07, 6.45) is 0. The molecule has 0 saturated heterocycles. The largest absolute Gasteiger partial charge is 0.487 e. The molecule has 0 unspecified atom stereocenters. The van der Waals surface area contributed by atoms with Crippen LogP contribution in [0.3, 0.4) is 0 Å². The summed E-state index contributed by atoms with van der Waals surface area (Å²) in [5.74, 6) is 0.872. The molecule has 72 valence electrons. The van der Waals surface area contributed by atoms with Gasteiger partial charge in [-0.05, 0) is 28.1 Å². The lowest BCUT2D eigenvalue weighted by atomic mass is 10.3. The number of ether oxygens (including phenoxy) is 1. The summed E-state index contributed by atoms with van der Waals surface area (Å²) < 4.78 is 6.42. The van der Waals surface area contributed by atoms with Crippen molar-refractivity contribution in [2.24, 2.45) is 0 Å². The summed E-state index contributed by atoms with van der Waals surface area (Å²) in [7, 11) is 0. The Bertz CT molecular complexity index is 402. The number of nitrogens with zero attached hydrogens (tertiary/aromatic N) is 1. The van der Waals surface area contributed by atoms with Gasteiger partial charge in [-0.1, -0.05) is 18.2 Å². The molecule has 2 rings (SSSR count). The monoisotopic (exact) mass is 269 g/mol. The van der Waals surface area contributed by atoms with Gasteiger partial charge in [0.1, 0.15) is 12.4 Å². The highest BCUT2D eigenvalue weighted by Gasteiger charge is 1.99. The molecule has 2 aromatic rings. The number of halogens is 1. The predicted molar refractivity (Wildman–Crippen MR) is 60.6 cm³/mol. The van der Waals surface area contributed by atoms with Crippen LogP contribution in [0.25, 0.3) is 0 Å². The third kappa shape index (κ3) is 2.56. The van der Waals surface area contributed by atoms with Gasteiger partial charge in [0, 0.05) is 5.38 Å². The highest BCUT2D eigenvalue weighted by atomic mass is 79.9. The van der Waals surface area contributed by atoms with Crippen molar-refractivity contribution in [1.29, 1.82) is 0 Å². The van der Waals surface area contributed by atoms with Crippen LogP contribution < -0.4 is 4.74 Å². The summed E-state index contributed by atoms with van der Waals surface area (Å²) >= 11 is 4.88. The third-order valence-corrected chi connectivity index (χ3v) is 3.07. The van der Waals surface area contributed by atoms with E-state index in [1.54, 1.807) is 11.3 Å². The van der Waals surface area contributed by atoms with Crippen LogP contribution in [0.1, 0.15) is 5.69 Å². The Labute approximate surface area is 94.7 Å². The van der Waals surface area contributed by atoms with Crippen molar-refractivity contribution in [1.82, 2.24) is 4.98 Å². The summed E-state index contributed by atoms with van der Waals surface area (Å²) in [5.41, 5.74) is 0.950. The van der Waals surface area contributed by atoms with Gasteiger partial charge in [-0.2, -0.15) is 0 Å². The van der Waals surface area contributed by atoms with E-state index in [0.717, 1.165) is 15.4 Å². The third-order valence-electron chi connectivity index (χ3n) is 1.65. The Hall–Kier alpha value is -0.870. The fraction of sp³-hybridized carbons (Fsp3) is 0.100. The molecule has 1 aromatic heterocycles. The lowest BCUT2D eigenvalue weighted by molar-refractivity contribution is 0.302. The maximum absolute atomic E-state index is 5.53. The van der Waals surface area contributed by atoms with Crippen LogP contribution in [0.2, 0.25) is 0 Å². The Morgan fingerprint density at radius 3 is 2.71 bits per heavy atom. The van der Waals surface area contributed by atoms with Crippen LogP contribution >= 0.6 is 27.3 Å². The summed E-state index contributed by atoms with van der Waals surface area (Å²) in [5, 5.41) is 1.98. The standard InChI is InChI=1S/C10H8BrNOS/c11-10-12-8(7-14-10)6-13-9-4-2-1-3-5-9/h1-5,7H,6H2. The molecule has 4 heteroatoms. The average Bonchev–Trinajstić information content (AvgIpc) is 2.63. The van der Waals surface area contributed by atoms with Crippen molar-refractivity contribution in [3.63, 3.8) is 0 Å². The number of benzene rings is 1. The van der Waals surface area contributed by atoms with Crippen molar-refractivity contribution in [2.75, 3.05) is 0 Å². The number of thiazole rings is 1. The summed E-state index contributed by atoms with van der Waals surface area (Å²) in [6.45, 7) is 0.520. The number of hydrogen-bond donors (Lipinski definition) is 0. The van der Waals surface area contributed by atoms with Gasteiger partial charge in [-0.15, -0.1) is 11.3 Å². The quantitative estimate of drug-likeness (QED) is 0.851. The Kier molecular flexibility index (Phi) is 3.16. The summed E-state index contributed by atoms with van der Waals surface area (Å²) in [4.78, 5) is 4.24. The van der Waals surface area contributed by atoms with Gasteiger partial charge in [0.05, 0.1) is 5.69 Å². The fourth-order valence-corrected chi connectivity index (χ4v) is 2.05. The molecule has 1 heterocycles. The van der Waals surface area contributed by atoms with Crippen molar-refractivity contribution >= 4 is 27.3 Å². The maximum Gasteiger partial charge on any atom is 0.159 e. The SMILES string of the molecule is Brc1nc(COc2ccccc2)cs1. The van der Waals surface area contributed by atoms with Crippen LogP contribution in [-0.4, -0.2) is 4.98 Å². The van der Waals surface area contributed by atoms with E-state index >= 15 is 0 Å². The molecule has 0 aliphatic heterocycles. The Balaban J connectivity index is 1.95. The van der Waals surface area contributed by atoms with Gasteiger partial charge in [-0.25, -0.2) is 4.98 Å². The number of para-hydroxylation sites is 1. The van der Waals surface area contributed by atoms with Crippen molar-refractivity contribution in [3.8, 4) is 5.75 Å². The molecule has 0 saturated carbocycles. The minimum absolute atomic E-state index is 0.520. The zero-order valence-corrected chi connectivity index (χ0v) is 9.72. The smallest absolute Gasteiger partial charge is 0.159 e. The van der Waals surface area contributed by atoms with Crippen LogP contribution in [0.4, 0.5) is 0 Å². The van der Waals surface area contributed by atoms with E-state index < -0.39 is 0 Å². The highest BCUT2D eigenvalue weighted by molar-refractivity contribution is 9.11. The average molecular weight is 270 g/mol. The predicted octanol–water partition coefficient (Wildman–Crippen LogP) is 3.48. The van der Waals surface area contributed by atoms with Crippen LogP contribution in [0.15, 0.2) is 39.6 Å². The lowest BCUT2D eigenvalue weighted by Gasteiger charge is -2.02. The number of aromatic nitrogens is 1. The van der Waals surface area contributed by atoms with Gasteiger partial charge in [0.25, 0.3) is 0 Å². The molecule has 2 nitrogen and oxygen atoms in total. The molecule has 1 aromatic carbocycles. The Morgan fingerprint density at radius 2 is 2.07 bits per heavy atom. The molecule has 0 fully saturated rings. The molecule has 0 aliphatic carbocycles. The van der Waals surface area contributed by atoms with E-state index in [9.17, 15) is 0 Å².